The Balaban J connectivity index is 1.72. The van der Waals surface area contributed by atoms with Gasteiger partial charge in [0.2, 0.25) is 15.9 Å². The smallest absolute Gasteiger partial charge is 0.337 e. The number of hydrogen-bond acceptors (Lipinski definition) is 5. The molecule has 3 rings (SSSR count). The van der Waals surface area contributed by atoms with Gasteiger partial charge in [0.25, 0.3) is 0 Å². The molecule has 0 aliphatic carbocycles. The number of hydrogen-bond donors (Lipinski definition) is 2. The number of nitrogens with one attached hydrogen (secondary N) is 2. The minimum Gasteiger partial charge on any atom is -0.465 e. The molecule has 0 bridgehead atoms. The summed E-state index contributed by atoms with van der Waals surface area (Å²) in [6, 6.07) is 16.4. The average molecular weight is 505 g/mol. The van der Waals surface area contributed by atoms with Crippen molar-refractivity contribution < 1.29 is 27.1 Å². The maximum absolute atomic E-state index is 13.4. The highest BCUT2D eigenvalue weighted by molar-refractivity contribution is 7.89. The van der Waals surface area contributed by atoms with E-state index < -0.39 is 33.8 Å². The molecule has 10 heteroatoms. The van der Waals surface area contributed by atoms with E-state index in [1.165, 1.54) is 55.6 Å². The van der Waals surface area contributed by atoms with Gasteiger partial charge in [-0.2, -0.15) is 0 Å². The molecule has 178 valence electrons. The summed E-state index contributed by atoms with van der Waals surface area (Å²) in [7, 11) is -2.70. The zero-order valence-electron chi connectivity index (χ0n) is 18.1. The van der Waals surface area contributed by atoms with E-state index in [-0.39, 0.29) is 17.9 Å². The third-order valence-electron chi connectivity index (χ3n) is 4.95. The van der Waals surface area contributed by atoms with Crippen molar-refractivity contribution in [2.75, 3.05) is 7.11 Å². The summed E-state index contributed by atoms with van der Waals surface area (Å²) in [4.78, 5) is 24.1. The van der Waals surface area contributed by atoms with E-state index in [9.17, 15) is 22.4 Å². The van der Waals surface area contributed by atoms with E-state index in [1.54, 1.807) is 24.3 Å². The van der Waals surface area contributed by atoms with Crippen LogP contribution >= 0.6 is 11.6 Å². The molecule has 34 heavy (non-hydrogen) atoms. The number of halogens is 2. The first-order valence-corrected chi connectivity index (χ1v) is 12.0. The number of carbonyl (C=O) groups is 2. The fraction of sp³-hybridized carbons (Fsp3) is 0.167. The quantitative estimate of drug-likeness (QED) is 0.429. The standard InChI is InChI=1S/C24H22ClFN2O5S/c1-33-24(30)18-4-2-16(3-5-18)15-27-23(29)14-22(17-6-10-20(26)11-7-17)28-34(31,32)21-12-8-19(25)9-13-21/h2-13,22,28H,14-15H2,1H3,(H,27,29). The molecule has 1 unspecified atom stereocenters. The van der Waals surface area contributed by atoms with Crippen molar-refractivity contribution in [3.05, 3.63) is 100 Å². The van der Waals surface area contributed by atoms with Gasteiger partial charge in [0, 0.05) is 18.0 Å². The topological polar surface area (TPSA) is 102 Å². The minimum absolute atomic E-state index is 0.0184. The summed E-state index contributed by atoms with van der Waals surface area (Å²) in [6.45, 7) is 0.167. The second-order valence-electron chi connectivity index (χ2n) is 7.35. The summed E-state index contributed by atoms with van der Waals surface area (Å²) in [5.41, 5.74) is 1.54. The monoisotopic (exact) mass is 504 g/mol. The van der Waals surface area contributed by atoms with Crippen molar-refractivity contribution in [1.29, 1.82) is 0 Å². The maximum atomic E-state index is 13.4. The molecule has 0 aliphatic rings. The van der Waals surface area contributed by atoms with Crippen LogP contribution in [-0.4, -0.2) is 27.4 Å². The fourth-order valence-corrected chi connectivity index (χ4v) is 4.48. The van der Waals surface area contributed by atoms with Crippen LogP contribution in [-0.2, 0) is 26.1 Å². The second-order valence-corrected chi connectivity index (χ2v) is 9.50. The van der Waals surface area contributed by atoms with Gasteiger partial charge < -0.3 is 10.1 Å². The molecular formula is C24H22ClFN2O5S. The van der Waals surface area contributed by atoms with Crippen molar-refractivity contribution in [2.45, 2.75) is 23.9 Å². The zero-order valence-corrected chi connectivity index (χ0v) is 19.7. The van der Waals surface area contributed by atoms with E-state index in [1.807, 2.05) is 0 Å². The molecule has 1 atom stereocenters. The van der Waals surface area contributed by atoms with E-state index in [0.717, 1.165) is 5.56 Å². The first-order valence-electron chi connectivity index (χ1n) is 10.2. The number of amides is 1. The van der Waals surface area contributed by atoms with Gasteiger partial charge in [-0.05, 0) is 59.7 Å². The lowest BCUT2D eigenvalue weighted by Crippen LogP contribution is -2.33. The Labute approximate surface area is 202 Å². The normalized spacial score (nSPS) is 12.1. The van der Waals surface area contributed by atoms with Crippen LogP contribution in [0.4, 0.5) is 4.39 Å². The number of rotatable bonds is 9. The summed E-state index contributed by atoms with van der Waals surface area (Å²) >= 11 is 5.84. The van der Waals surface area contributed by atoms with Gasteiger partial charge in [-0.25, -0.2) is 22.3 Å². The Morgan fingerprint density at radius 2 is 1.59 bits per heavy atom. The fourth-order valence-electron chi connectivity index (χ4n) is 3.13. The summed E-state index contributed by atoms with van der Waals surface area (Å²) in [5, 5.41) is 3.11. The number of ether oxygens (including phenoxy) is 1. The molecule has 1 amide bonds. The Morgan fingerprint density at radius 1 is 0.971 bits per heavy atom. The van der Waals surface area contributed by atoms with Crippen molar-refractivity contribution in [1.82, 2.24) is 10.0 Å². The number of methoxy groups -OCH3 is 1. The van der Waals surface area contributed by atoms with Crippen molar-refractivity contribution in [3.63, 3.8) is 0 Å². The Hall–Kier alpha value is -3.27. The minimum atomic E-state index is -3.99. The van der Waals surface area contributed by atoms with Gasteiger partial charge in [-0.15, -0.1) is 0 Å². The highest BCUT2D eigenvalue weighted by atomic mass is 35.5. The summed E-state index contributed by atoms with van der Waals surface area (Å²) in [5.74, 6) is -1.38. The van der Waals surface area contributed by atoms with Gasteiger partial charge >= 0.3 is 5.97 Å². The highest BCUT2D eigenvalue weighted by Gasteiger charge is 2.24. The van der Waals surface area contributed by atoms with E-state index >= 15 is 0 Å². The Kier molecular flexibility index (Phi) is 8.38. The van der Waals surface area contributed by atoms with E-state index in [2.05, 4.69) is 14.8 Å². The molecule has 3 aromatic rings. The van der Waals surface area contributed by atoms with Crippen molar-refractivity contribution >= 4 is 33.5 Å². The largest absolute Gasteiger partial charge is 0.465 e. The third-order valence-corrected chi connectivity index (χ3v) is 6.69. The first-order chi connectivity index (χ1) is 16.2. The molecule has 3 aromatic carbocycles. The molecule has 0 radical (unpaired) electrons. The Morgan fingerprint density at radius 3 is 2.18 bits per heavy atom. The lowest BCUT2D eigenvalue weighted by Gasteiger charge is -2.19. The van der Waals surface area contributed by atoms with Crippen LogP contribution in [0.15, 0.2) is 77.7 Å². The molecular weight excluding hydrogens is 483 g/mol. The van der Waals surface area contributed by atoms with Gasteiger partial charge in [0.05, 0.1) is 23.6 Å². The lowest BCUT2D eigenvalue weighted by atomic mass is 10.0. The van der Waals surface area contributed by atoms with Crippen LogP contribution in [0.3, 0.4) is 0 Å². The molecule has 0 spiro atoms. The number of benzene rings is 3. The molecule has 0 heterocycles. The van der Waals surface area contributed by atoms with Crippen LogP contribution in [0.5, 0.6) is 0 Å². The van der Waals surface area contributed by atoms with Gasteiger partial charge in [0.1, 0.15) is 5.82 Å². The predicted molar refractivity (Wildman–Crippen MR) is 125 cm³/mol. The molecule has 2 N–H and O–H groups in total. The van der Waals surface area contributed by atoms with Crippen molar-refractivity contribution in [2.24, 2.45) is 0 Å². The zero-order chi connectivity index (χ0) is 24.7. The highest BCUT2D eigenvalue weighted by Crippen LogP contribution is 2.22. The van der Waals surface area contributed by atoms with Gasteiger partial charge in [-0.3, -0.25) is 4.79 Å². The van der Waals surface area contributed by atoms with Crippen LogP contribution < -0.4 is 10.0 Å². The lowest BCUT2D eigenvalue weighted by molar-refractivity contribution is -0.121. The summed E-state index contributed by atoms with van der Waals surface area (Å²) in [6.07, 6.45) is -0.224. The SMILES string of the molecule is COC(=O)c1ccc(CNC(=O)CC(NS(=O)(=O)c2ccc(Cl)cc2)c2ccc(F)cc2)cc1. The molecule has 0 saturated carbocycles. The van der Waals surface area contributed by atoms with Crippen LogP contribution in [0.1, 0.15) is 33.9 Å². The maximum Gasteiger partial charge on any atom is 0.337 e. The summed E-state index contributed by atoms with van der Waals surface area (Å²) < 4.78 is 46.3. The van der Waals surface area contributed by atoms with E-state index in [4.69, 9.17) is 11.6 Å². The molecule has 7 nitrogen and oxygen atoms in total. The number of sulfonamides is 1. The van der Waals surface area contributed by atoms with Crippen molar-refractivity contribution in [3.8, 4) is 0 Å². The van der Waals surface area contributed by atoms with Crippen LogP contribution in [0, 0.1) is 5.82 Å². The number of carbonyl (C=O) groups excluding carboxylic acids is 2. The second kappa shape index (κ2) is 11.2. The third kappa shape index (κ3) is 6.86. The number of esters is 1. The molecule has 0 fully saturated rings. The molecule has 0 aliphatic heterocycles. The van der Waals surface area contributed by atoms with E-state index in [0.29, 0.717) is 16.1 Å². The van der Waals surface area contributed by atoms with Crippen LogP contribution in [0.2, 0.25) is 5.02 Å². The first kappa shape index (κ1) is 25.4. The average Bonchev–Trinajstić information content (AvgIpc) is 2.83. The van der Waals surface area contributed by atoms with Crippen LogP contribution in [0.25, 0.3) is 0 Å². The predicted octanol–water partition coefficient (Wildman–Crippen LogP) is 3.99. The molecule has 0 aromatic heterocycles. The Bertz CT molecular complexity index is 1250. The van der Waals surface area contributed by atoms with Gasteiger partial charge in [0.15, 0.2) is 0 Å². The van der Waals surface area contributed by atoms with Gasteiger partial charge in [-0.1, -0.05) is 35.9 Å². The molecule has 0 saturated heterocycles.